The molecule has 0 amide bonds. The second-order valence-electron chi connectivity index (χ2n) is 9.39. The highest BCUT2D eigenvalue weighted by molar-refractivity contribution is 5.32. The van der Waals surface area contributed by atoms with Gasteiger partial charge in [-0.2, -0.15) is 0 Å². The molecular formula is C25H37O2. The fourth-order valence-corrected chi connectivity index (χ4v) is 5.83. The van der Waals surface area contributed by atoms with E-state index in [1.807, 2.05) is 0 Å². The van der Waals surface area contributed by atoms with E-state index in [1.54, 1.807) is 12.2 Å². The summed E-state index contributed by atoms with van der Waals surface area (Å²) in [5.74, 6) is 0. The molecule has 1 saturated heterocycles. The molecule has 1 aliphatic heterocycles. The number of hydrogen-bond acceptors (Lipinski definition) is 2. The third kappa shape index (κ3) is 4.27. The van der Waals surface area contributed by atoms with Gasteiger partial charge in [-0.05, 0) is 66.9 Å². The quantitative estimate of drug-likeness (QED) is 0.465. The van der Waals surface area contributed by atoms with Gasteiger partial charge in [-0.15, -0.1) is 0 Å². The fraction of sp³-hybridized carbons (Fsp3) is 0.720. The van der Waals surface area contributed by atoms with Gasteiger partial charge < -0.3 is 9.47 Å². The molecular weight excluding hydrogens is 332 g/mol. The summed E-state index contributed by atoms with van der Waals surface area (Å²) in [5, 5.41) is 0. The van der Waals surface area contributed by atoms with E-state index in [2.05, 4.69) is 31.2 Å². The van der Waals surface area contributed by atoms with Crippen LogP contribution >= 0.6 is 0 Å². The zero-order valence-electron chi connectivity index (χ0n) is 17.2. The molecule has 3 aliphatic carbocycles. The lowest BCUT2D eigenvalue weighted by atomic mass is 9.51. The van der Waals surface area contributed by atoms with Crippen LogP contribution in [0.5, 0.6) is 0 Å². The summed E-state index contributed by atoms with van der Waals surface area (Å²) in [6.07, 6.45) is 17.3. The maximum atomic E-state index is 5.80. The lowest BCUT2D eigenvalue weighted by molar-refractivity contribution is -0.0578. The van der Waals surface area contributed by atoms with Gasteiger partial charge in [-0.3, -0.25) is 0 Å². The van der Waals surface area contributed by atoms with Crippen molar-refractivity contribution < 1.29 is 9.47 Å². The van der Waals surface area contributed by atoms with Crippen LogP contribution in [0.15, 0.2) is 24.3 Å². The highest BCUT2D eigenvalue weighted by Gasteiger charge is 2.48. The van der Waals surface area contributed by atoms with Gasteiger partial charge in [0.1, 0.15) is 12.7 Å². The minimum absolute atomic E-state index is 0.0969. The van der Waals surface area contributed by atoms with Gasteiger partial charge in [-0.1, -0.05) is 63.3 Å². The third-order valence-corrected chi connectivity index (χ3v) is 7.84. The molecule has 5 rings (SSSR count). The second-order valence-corrected chi connectivity index (χ2v) is 9.39. The molecule has 2 bridgehead atoms. The first kappa shape index (κ1) is 19.5. The molecule has 4 aliphatic rings. The first-order valence-electron chi connectivity index (χ1n) is 11.4. The summed E-state index contributed by atoms with van der Waals surface area (Å²) >= 11 is 0. The fourth-order valence-electron chi connectivity index (χ4n) is 5.83. The molecule has 1 heterocycles. The van der Waals surface area contributed by atoms with Crippen LogP contribution in [-0.2, 0) is 14.9 Å². The van der Waals surface area contributed by atoms with Gasteiger partial charge in [0.05, 0.1) is 13.2 Å². The van der Waals surface area contributed by atoms with E-state index in [4.69, 9.17) is 9.47 Å². The van der Waals surface area contributed by atoms with Gasteiger partial charge in [0.15, 0.2) is 0 Å². The van der Waals surface area contributed by atoms with Crippen molar-refractivity contribution in [3.05, 3.63) is 42.0 Å². The zero-order chi connectivity index (χ0) is 18.6. The number of ether oxygens (including phenoxy) is 2. The Kier molecular flexibility index (Phi) is 6.24. The Balaban J connectivity index is 1.33. The van der Waals surface area contributed by atoms with E-state index in [9.17, 15) is 0 Å². The highest BCUT2D eigenvalue weighted by atomic mass is 16.6. The Morgan fingerprint density at radius 1 is 0.889 bits per heavy atom. The molecule has 1 atom stereocenters. The summed E-state index contributed by atoms with van der Waals surface area (Å²) in [5.41, 5.74) is 3.99. The highest BCUT2D eigenvalue weighted by Crippen LogP contribution is 2.59. The Morgan fingerprint density at radius 3 is 2.22 bits per heavy atom. The minimum Gasteiger partial charge on any atom is -0.370 e. The molecule has 0 spiro atoms. The first-order chi connectivity index (χ1) is 13.3. The summed E-state index contributed by atoms with van der Waals surface area (Å²) < 4.78 is 11.2. The van der Waals surface area contributed by atoms with Gasteiger partial charge in [-0.25, -0.2) is 0 Å². The van der Waals surface area contributed by atoms with E-state index in [1.165, 1.54) is 82.6 Å². The smallest absolute Gasteiger partial charge is 0.109 e. The van der Waals surface area contributed by atoms with Crippen LogP contribution in [0.2, 0.25) is 0 Å². The van der Waals surface area contributed by atoms with E-state index in [0.717, 1.165) is 0 Å². The van der Waals surface area contributed by atoms with Gasteiger partial charge >= 0.3 is 0 Å². The molecule has 2 nitrogen and oxygen atoms in total. The van der Waals surface area contributed by atoms with Crippen LogP contribution in [-0.4, -0.2) is 13.2 Å². The maximum Gasteiger partial charge on any atom is 0.109 e. The number of hydrogen-bond donors (Lipinski definition) is 0. The summed E-state index contributed by atoms with van der Waals surface area (Å²) in [6.45, 7) is 5.30. The number of unbranched alkanes of at least 4 members (excludes halogenated alkanes) is 4. The van der Waals surface area contributed by atoms with Crippen molar-refractivity contribution in [2.45, 2.75) is 95.5 Å². The van der Waals surface area contributed by atoms with Crippen LogP contribution < -0.4 is 0 Å². The first-order valence-corrected chi connectivity index (χ1v) is 11.4. The monoisotopic (exact) mass is 369 g/mol. The van der Waals surface area contributed by atoms with Crippen molar-refractivity contribution in [1.82, 2.24) is 0 Å². The predicted molar refractivity (Wildman–Crippen MR) is 111 cm³/mol. The molecule has 27 heavy (non-hydrogen) atoms. The van der Waals surface area contributed by atoms with E-state index in [0.29, 0.717) is 24.0 Å². The van der Waals surface area contributed by atoms with Crippen molar-refractivity contribution in [1.29, 1.82) is 0 Å². The van der Waals surface area contributed by atoms with Crippen LogP contribution in [0.1, 0.15) is 101 Å². The SMILES string of the molecule is CCCCCCCC12CCC(c3ccc(C4CO[CH]CO4)cc3)(CC1)CC2. The van der Waals surface area contributed by atoms with Crippen molar-refractivity contribution in [2.24, 2.45) is 5.41 Å². The number of benzene rings is 1. The predicted octanol–water partition coefficient (Wildman–Crippen LogP) is 6.89. The Morgan fingerprint density at radius 2 is 1.59 bits per heavy atom. The van der Waals surface area contributed by atoms with Gasteiger partial charge in [0.25, 0.3) is 0 Å². The van der Waals surface area contributed by atoms with Crippen LogP contribution in [0.4, 0.5) is 0 Å². The number of fused-ring (bicyclic) bond motifs is 3. The topological polar surface area (TPSA) is 18.5 Å². The van der Waals surface area contributed by atoms with Crippen LogP contribution in [0, 0.1) is 12.0 Å². The summed E-state index contributed by atoms with van der Waals surface area (Å²) in [6, 6.07) is 9.35. The van der Waals surface area contributed by atoms with Crippen molar-refractivity contribution in [2.75, 3.05) is 13.2 Å². The lowest BCUT2D eigenvalue weighted by Crippen LogP contribution is -2.44. The average Bonchev–Trinajstić information content (AvgIpc) is 2.76. The molecule has 0 aromatic heterocycles. The molecule has 3 saturated carbocycles. The number of rotatable bonds is 8. The van der Waals surface area contributed by atoms with Crippen molar-refractivity contribution in [3.8, 4) is 0 Å². The van der Waals surface area contributed by atoms with E-state index in [-0.39, 0.29) is 6.10 Å². The molecule has 0 N–H and O–H groups in total. The van der Waals surface area contributed by atoms with Gasteiger partial charge in [0.2, 0.25) is 0 Å². The normalized spacial score (nSPS) is 33.3. The van der Waals surface area contributed by atoms with E-state index < -0.39 is 0 Å². The Labute approximate surface area is 166 Å². The standard InChI is InChI=1S/C25H37O2/c1-2-3-4-5-6-11-24-12-15-25(16-13-24,17-14-24)22-9-7-21(8-10-22)23-20-26-18-19-27-23/h7-10,18,23H,2-6,11-17,19-20H2,1H3. The largest absolute Gasteiger partial charge is 0.370 e. The third-order valence-electron chi connectivity index (χ3n) is 7.84. The summed E-state index contributed by atoms with van der Waals surface area (Å²) in [7, 11) is 0. The van der Waals surface area contributed by atoms with Gasteiger partial charge in [0, 0.05) is 0 Å². The van der Waals surface area contributed by atoms with Crippen molar-refractivity contribution in [3.63, 3.8) is 0 Å². The molecule has 1 radical (unpaired) electrons. The average molecular weight is 370 g/mol. The molecule has 2 heteroatoms. The summed E-state index contributed by atoms with van der Waals surface area (Å²) in [4.78, 5) is 0. The minimum atomic E-state index is 0.0969. The molecule has 4 fully saturated rings. The molecule has 149 valence electrons. The maximum absolute atomic E-state index is 5.80. The molecule has 1 aromatic rings. The van der Waals surface area contributed by atoms with Crippen molar-refractivity contribution >= 4 is 0 Å². The van der Waals surface area contributed by atoms with Crippen LogP contribution in [0.3, 0.4) is 0 Å². The van der Waals surface area contributed by atoms with E-state index >= 15 is 0 Å². The lowest BCUT2D eigenvalue weighted by Gasteiger charge is -2.54. The second kappa shape index (κ2) is 8.66. The molecule has 1 unspecified atom stereocenters. The van der Waals surface area contributed by atoms with Crippen LogP contribution in [0.25, 0.3) is 0 Å². The Hall–Kier alpha value is -0.860. The Bertz CT molecular complexity index is 560. The molecule has 1 aromatic carbocycles. The zero-order valence-corrected chi connectivity index (χ0v) is 17.2.